The number of alkyl carbamates (subject to hydrolysis) is 1. The minimum atomic E-state index is -0.476. The van der Waals surface area contributed by atoms with Crippen LogP contribution in [0.15, 0.2) is 0 Å². The number of ether oxygens (including phenoxy) is 1. The Balaban J connectivity index is 3.36. The number of alkyl halides is 1. The van der Waals surface area contributed by atoms with E-state index in [0.717, 1.165) is 0 Å². The van der Waals surface area contributed by atoms with Gasteiger partial charge in [-0.1, -0.05) is 0 Å². The quantitative estimate of drug-likeness (QED) is 0.661. The summed E-state index contributed by atoms with van der Waals surface area (Å²) < 4.78 is 16.6. The molecule has 0 saturated carbocycles. The van der Waals surface area contributed by atoms with E-state index in [1.165, 1.54) is 0 Å². The minimum absolute atomic E-state index is 0.315. The molecule has 0 unspecified atom stereocenters. The molecule has 0 aliphatic heterocycles. The summed E-state index contributed by atoms with van der Waals surface area (Å²) in [6, 6.07) is 0. The van der Waals surface area contributed by atoms with Crippen LogP contribution in [0.25, 0.3) is 0 Å². The first-order valence-electron chi connectivity index (χ1n) is 4.69. The third-order valence-electron chi connectivity index (χ3n) is 1.24. The van der Waals surface area contributed by atoms with Crippen molar-refractivity contribution in [3.05, 3.63) is 0 Å². The second kappa shape index (κ2) is 6.59. The molecular formula is C9H19FN2O2. The van der Waals surface area contributed by atoms with Gasteiger partial charge in [-0.25, -0.2) is 9.18 Å². The summed E-state index contributed by atoms with van der Waals surface area (Å²) in [5.41, 5.74) is -0.476. The molecule has 2 N–H and O–H groups in total. The lowest BCUT2D eigenvalue weighted by atomic mass is 10.2. The smallest absolute Gasteiger partial charge is 0.407 e. The lowest BCUT2D eigenvalue weighted by Crippen LogP contribution is -2.36. The number of halogens is 1. The Bertz CT molecular complexity index is 169. The number of hydrogen-bond acceptors (Lipinski definition) is 3. The van der Waals surface area contributed by atoms with Crippen LogP contribution in [-0.2, 0) is 4.74 Å². The number of nitrogens with one attached hydrogen (secondary N) is 2. The predicted molar refractivity (Wildman–Crippen MR) is 53.1 cm³/mol. The third kappa shape index (κ3) is 9.25. The second-order valence-electron chi connectivity index (χ2n) is 3.87. The van der Waals surface area contributed by atoms with Crippen LogP contribution < -0.4 is 10.6 Å². The molecule has 0 spiro atoms. The van der Waals surface area contributed by atoms with Gasteiger partial charge in [-0.3, -0.25) is 0 Å². The van der Waals surface area contributed by atoms with Crippen molar-refractivity contribution in [3.63, 3.8) is 0 Å². The van der Waals surface area contributed by atoms with E-state index in [1.54, 1.807) is 20.8 Å². The highest BCUT2D eigenvalue weighted by Crippen LogP contribution is 2.05. The zero-order valence-electron chi connectivity index (χ0n) is 9.02. The van der Waals surface area contributed by atoms with Crippen molar-refractivity contribution < 1.29 is 13.9 Å². The lowest BCUT2D eigenvalue weighted by molar-refractivity contribution is 0.0528. The Morgan fingerprint density at radius 3 is 2.43 bits per heavy atom. The van der Waals surface area contributed by atoms with Gasteiger partial charge in [-0.2, -0.15) is 0 Å². The summed E-state index contributed by atoms with van der Waals surface area (Å²) in [4.78, 5) is 11.1. The molecule has 0 rings (SSSR count). The van der Waals surface area contributed by atoms with Crippen LogP contribution in [0.4, 0.5) is 9.18 Å². The molecule has 0 saturated heterocycles. The van der Waals surface area contributed by atoms with Gasteiger partial charge in [0.25, 0.3) is 0 Å². The molecule has 0 bridgehead atoms. The molecule has 0 radical (unpaired) electrons. The molecule has 0 aromatic rings. The summed E-state index contributed by atoms with van der Waals surface area (Å²) in [5, 5.41) is 5.36. The van der Waals surface area contributed by atoms with E-state index >= 15 is 0 Å². The number of amides is 1. The molecule has 0 fully saturated rings. The number of carbonyl (C=O) groups excluding carboxylic acids is 1. The fraction of sp³-hybridized carbons (Fsp3) is 0.889. The summed E-state index contributed by atoms with van der Waals surface area (Å²) in [5.74, 6) is 0. The molecular weight excluding hydrogens is 187 g/mol. The van der Waals surface area contributed by atoms with Gasteiger partial charge >= 0.3 is 6.09 Å². The zero-order valence-corrected chi connectivity index (χ0v) is 9.02. The highest BCUT2D eigenvalue weighted by Gasteiger charge is 2.15. The van der Waals surface area contributed by atoms with Gasteiger partial charge in [0, 0.05) is 19.6 Å². The van der Waals surface area contributed by atoms with E-state index in [-0.39, 0.29) is 0 Å². The standard InChI is InChI=1S/C9H19FN2O2/c1-9(2,3)14-8(13)12-7-6-11-5-4-10/h11H,4-7H2,1-3H3,(H,12,13). The molecule has 1 amide bonds. The van der Waals surface area contributed by atoms with Crippen LogP contribution in [-0.4, -0.2) is 38.0 Å². The SMILES string of the molecule is CC(C)(C)OC(=O)NCCNCCF. The van der Waals surface area contributed by atoms with Crippen LogP contribution >= 0.6 is 0 Å². The highest BCUT2D eigenvalue weighted by atomic mass is 19.1. The van der Waals surface area contributed by atoms with Gasteiger partial charge in [0.2, 0.25) is 0 Å². The molecule has 0 heterocycles. The first kappa shape index (κ1) is 13.2. The molecule has 5 heteroatoms. The first-order valence-corrected chi connectivity index (χ1v) is 4.69. The van der Waals surface area contributed by atoms with Gasteiger partial charge in [-0.05, 0) is 20.8 Å². The van der Waals surface area contributed by atoms with Crippen molar-refractivity contribution in [2.45, 2.75) is 26.4 Å². The minimum Gasteiger partial charge on any atom is -0.444 e. The van der Waals surface area contributed by atoms with Crippen LogP contribution in [0.2, 0.25) is 0 Å². The molecule has 84 valence electrons. The normalized spacial score (nSPS) is 11.1. The van der Waals surface area contributed by atoms with E-state index in [4.69, 9.17) is 4.74 Å². The summed E-state index contributed by atoms with van der Waals surface area (Å²) >= 11 is 0. The number of rotatable bonds is 5. The number of carbonyl (C=O) groups is 1. The van der Waals surface area contributed by atoms with Crippen molar-refractivity contribution in [2.24, 2.45) is 0 Å². The van der Waals surface area contributed by atoms with E-state index in [2.05, 4.69) is 10.6 Å². The van der Waals surface area contributed by atoms with Crippen molar-refractivity contribution >= 4 is 6.09 Å². The van der Waals surface area contributed by atoms with Crippen LogP contribution in [0, 0.1) is 0 Å². The summed E-state index contributed by atoms with van der Waals surface area (Å²) in [6.45, 7) is 6.30. The summed E-state index contributed by atoms with van der Waals surface area (Å²) in [6.07, 6.45) is -0.445. The van der Waals surface area contributed by atoms with Crippen molar-refractivity contribution in [2.75, 3.05) is 26.3 Å². The van der Waals surface area contributed by atoms with Crippen molar-refractivity contribution in [1.82, 2.24) is 10.6 Å². The van der Waals surface area contributed by atoms with E-state index in [9.17, 15) is 9.18 Å². The van der Waals surface area contributed by atoms with Gasteiger partial charge in [-0.15, -0.1) is 0 Å². The third-order valence-corrected chi connectivity index (χ3v) is 1.24. The van der Waals surface area contributed by atoms with Gasteiger partial charge < -0.3 is 15.4 Å². The Labute approximate surface area is 84.2 Å². The Morgan fingerprint density at radius 1 is 1.29 bits per heavy atom. The van der Waals surface area contributed by atoms with E-state index in [1.807, 2.05) is 0 Å². The molecule has 0 aliphatic carbocycles. The van der Waals surface area contributed by atoms with Crippen LogP contribution in [0.3, 0.4) is 0 Å². The fourth-order valence-electron chi connectivity index (χ4n) is 0.759. The van der Waals surface area contributed by atoms with E-state index in [0.29, 0.717) is 19.6 Å². The maximum absolute atomic E-state index is 11.6. The second-order valence-corrected chi connectivity index (χ2v) is 3.87. The largest absolute Gasteiger partial charge is 0.444 e. The Hall–Kier alpha value is -0.840. The average molecular weight is 206 g/mol. The van der Waals surface area contributed by atoms with Gasteiger partial charge in [0.05, 0.1) is 0 Å². The van der Waals surface area contributed by atoms with Crippen molar-refractivity contribution in [3.8, 4) is 0 Å². The zero-order chi connectivity index (χ0) is 11.0. The molecule has 14 heavy (non-hydrogen) atoms. The average Bonchev–Trinajstić information content (AvgIpc) is 2.00. The first-order chi connectivity index (χ1) is 6.45. The highest BCUT2D eigenvalue weighted by molar-refractivity contribution is 5.67. The topological polar surface area (TPSA) is 50.4 Å². The molecule has 0 aliphatic rings. The maximum Gasteiger partial charge on any atom is 0.407 e. The Morgan fingerprint density at radius 2 is 1.93 bits per heavy atom. The lowest BCUT2D eigenvalue weighted by Gasteiger charge is -2.19. The molecule has 0 aromatic carbocycles. The molecule has 4 nitrogen and oxygen atoms in total. The fourth-order valence-corrected chi connectivity index (χ4v) is 0.759. The van der Waals surface area contributed by atoms with E-state index < -0.39 is 18.4 Å². The number of hydrogen-bond donors (Lipinski definition) is 2. The monoisotopic (exact) mass is 206 g/mol. The van der Waals surface area contributed by atoms with Gasteiger partial charge in [0.1, 0.15) is 12.3 Å². The van der Waals surface area contributed by atoms with Crippen LogP contribution in [0.5, 0.6) is 0 Å². The van der Waals surface area contributed by atoms with Gasteiger partial charge in [0.15, 0.2) is 0 Å². The van der Waals surface area contributed by atoms with Crippen LogP contribution in [0.1, 0.15) is 20.8 Å². The Kier molecular flexibility index (Phi) is 6.19. The molecule has 0 atom stereocenters. The maximum atomic E-state index is 11.6. The van der Waals surface area contributed by atoms with Crippen molar-refractivity contribution in [1.29, 1.82) is 0 Å². The molecule has 0 aromatic heterocycles. The summed E-state index contributed by atoms with van der Waals surface area (Å²) in [7, 11) is 0. The predicted octanol–water partition coefficient (Wildman–Crippen LogP) is 1.07.